The van der Waals surface area contributed by atoms with E-state index in [9.17, 15) is 24.9 Å². The third-order valence-corrected chi connectivity index (χ3v) is 7.93. The van der Waals surface area contributed by atoms with E-state index in [4.69, 9.17) is 4.74 Å². The summed E-state index contributed by atoms with van der Waals surface area (Å²) in [5.74, 6) is -1.51. The van der Waals surface area contributed by atoms with Crippen LogP contribution >= 0.6 is 0 Å². The third kappa shape index (κ3) is 3.98. The van der Waals surface area contributed by atoms with E-state index in [-0.39, 0.29) is 30.1 Å². The Morgan fingerprint density at radius 1 is 1.16 bits per heavy atom. The molecule has 0 aromatic rings. The van der Waals surface area contributed by atoms with Crippen molar-refractivity contribution in [1.82, 2.24) is 5.32 Å². The van der Waals surface area contributed by atoms with Crippen LogP contribution in [0.25, 0.3) is 0 Å². The van der Waals surface area contributed by atoms with Gasteiger partial charge in [-0.2, -0.15) is 0 Å². The van der Waals surface area contributed by atoms with Crippen molar-refractivity contribution in [3.8, 4) is 0 Å². The van der Waals surface area contributed by atoms with E-state index in [1.54, 1.807) is 0 Å². The lowest BCUT2D eigenvalue weighted by molar-refractivity contribution is -0.151. The van der Waals surface area contributed by atoms with Crippen molar-refractivity contribution >= 4 is 11.7 Å². The summed E-state index contributed by atoms with van der Waals surface area (Å²) in [5, 5.41) is 35.5. The van der Waals surface area contributed by atoms with E-state index in [1.165, 1.54) is 7.11 Å². The summed E-state index contributed by atoms with van der Waals surface area (Å²) in [6.45, 7) is 9.84. The second-order valence-electron chi connectivity index (χ2n) is 10.4. The molecule has 0 aromatic heterocycles. The van der Waals surface area contributed by atoms with Crippen molar-refractivity contribution in [2.45, 2.75) is 90.8 Å². The summed E-state index contributed by atoms with van der Waals surface area (Å²) in [7, 11) is 1.39. The number of nitrogens with one attached hydrogen (secondary N) is 1. The molecular formula is C25H39NO6. The van der Waals surface area contributed by atoms with Crippen LogP contribution in [-0.4, -0.2) is 64.6 Å². The maximum absolute atomic E-state index is 14.1. The monoisotopic (exact) mass is 449 g/mol. The van der Waals surface area contributed by atoms with Crippen LogP contribution in [0.5, 0.6) is 0 Å². The molecular weight excluding hydrogens is 410 g/mol. The van der Waals surface area contributed by atoms with Gasteiger partial charge in [-0.25, -0.2) is 0 Å². The number of allylic oxidation sites excluding steroid dienone is 1. The van der Waals surface area contributed by atoms with Gasteiger partial charge in [-0.05, 0) is 51.5 Å². The number of aliphatic hydroxyl groups excluding tert-OH is 3. The van der Waals surface area contributed by atoms with Crippen LogP contribution in [0.2, 0.25) is 0 Å². The minimum absolute atomic E-state index is 0.213. The average molecular weight is 450 g/mol. The maximum atomic E-state index is 14.1. The van der Waals surface area contributed by atoms with Gasteiger partial charge in [0.1, 0.15) is 11.5 Å². The van der Waals surface area contributed by atoms with Gasteiger partial charge in [0.05, 0.1) is 18.3 Å². The first kappa shape index (κ1) is 25.1. The molecule has 0 saturated carbocycles. The number of rotatable bonds is 3. The molecule has 32 heavy (non-hydrogen) atoms. The highest BCUT2D eigenvalue weighted by molar-refractivity contribution is 6.10. The Kier molecular flexibility index (Phi) is 7.35. The predicted octanol–water partition coefficient (Wildman–Crippen LogP) is 1.90. The van der Waals surface area contributed by atoms with E-state index >= 15 is 0 Å². The van der Waals surface area contributed by atoms with Gasteiger partial charge in [-0.3, -0.25) is 9.59 Å². The molecule has 3 aliphatic rings. The van der Waals surface area contributed by atoms with Gasteiger partial charge in [0.25, 0.3) is 0 Å². The maximum Gasteiger partial charge on any atom is 0.235 e. The van der Waals surface area contributed by atoms with Crippen LogP contribution < -0.4 is 5.32 Å². The van der Waals surface area contributed by atoms with Gasteiger partial charge < -0.3 is 25.4 Å². The lowest BCUT2D eigenvalue weighted by Gasteiger charge is -2.46. The van der Waals surface area contributed by atoms with Crippen molar-refractivity contribution < 1.29 is 29.6 Å². The first-order chi connectivity index (χ1) is 15.0. The van der Waals surface area contributed by atoms with Crippen LogP contribution in [0, 0.1) is 23.2 Å². The number of amides is 1. The van der Waals surface area contributed by atoms with Crippen molar-refractivity contribution in [3.05, 3.63) is 22.8 Å². The summed E-state index contributed by atoms with van der Waals surface area (Å²) in [4.78, 5) is 27.8. The molecule has 0 bridgehead atoms. The number of carbonyl (C=O) groups excluding carboxylic acids is 2. The van der Waals surface area contributed by atoms with Gasteiger partial charge in [-0.15, -0.1) is 0 Å². The lowest BCUT2D eigenvalue weighted by atomic mass is 9.54. The van der Waals surface area contributed by atoms with Gasteiger partial charge >= 0.3 is 0 Å². The van der Waals surface area contributed by atoms with Gasteiger partial charge in [0.2, 0.25) is 5.91 Å². The zero-order valence-electron chi connectivity index (χ0n) is 20.1. The van der Waals surface area contributed by atoms with Crippen molar-refractivity contribution in [1.29, 1.82) is 0 Å². The Hall–Kier alpha value is -1.54. The lowest BCUT2D eigenvalue weighted by Crippen LogP contribution is -2.56. The van der Waals surface area contributed by atoms with Crippen LogP contribution in [0.3, 0.4) is 0 Å². The number of ketones is 1. The SMILES string of the molecule is COC1CC(=O)[C@@]23C(=O)N[C@@H](CC(C)C)[C@@H]2C(C)=C(C)[C@H](O)[C@@H]3C=C(C)CCC(O)C1O. The molecule has 1 amide bonds. The highest BCUT2D eigenvalue weighted by Gasteiger charge is 2.67. The molecule has 0 aromatic carbocycles. The molecule has 1 saturated heterocycles. The topological polar surface area (TPSA) is 116 Å². The Bertz CT molecular complexity index is 817. The molecule has 3 unspecified atom stereocenters. The van der Waals surface area contributed by atoms with Crippen LogP contribution in [-0.2, 0) is 14.3 Å². The summed E-state index contributed by atoms with van der Waals surface area (Å²) >= 11 is 0. The highest BCUT2D eigenvalue weighted by Crippen LogP contribution is 2.56. The molecule has 180 valence electrons. The number of methoxy groups -OCH3 is 1. The summed E-state index contributed by atoms with van der Waals surface area (Å²) in [5.41, 5.74) is 1.07. The van der Waals surface area contributed by atoms with E-state index in [2.05, 4.69) is 19.2 Å². The second kappa shape index (κ2) is 9.37. The van der Waals surface area contributed by atoms with Gasteiger partial charge in [-0.1, -0.05) is 31.1 Å². The summed E-state index contributed by atoms with van der Waals surface area (Å²) < 4.78 is 5.42. The Morgan fingerprint density at radius 3 is 2.41 bits per heavy atom. The molecule has 1 spiro atoms. The van der Waals surface area contributed by atoms with E-state index in [1.807, 2.05) is 26.8 Å². The van der Waals surface area contributed by atoms with Gasteiger partial charge in [0, 0.05) is 31.4 Å². The van der Waals surface area contributed by atoms with Crippen LogP contribution in [0.4, 0.5) is 0 Å². The van der Waals surface area contributed by atoms with Crippen molar-refractivity contribution in [2.24, 2.45) is 23.2 Å². The Labute approximate surface area is 190 Å². The normalized spacial score (nSPS) is 41.1. The molecule has 2 aliphatic carbocycles. The number of carbonyl (C=O) groups is 2. The average Bonchev–Trinajstić information content (AvgIpc) is 3.01. The minimum Gasteiger partial charge on any atom is -0.390 e. The fourth-order valence-electron chi connectivity index (χ4n) is 6.12. The molecule has 1 aliphatic heterocycles. The van der Waals surface area contributed by atoms with E-state index < -0.39 is 35.7 Å². The van der Waals surface area contributed by atoms with Crippen molar-refractivity contribution in [3.63, 3.8) is 0 Å². The van der Waals surface area contributed by atoms with Crippen LogP contribution in [0.15, 0.2) is 22.8 Å². The molecule has 1 fully saturated rings. The first-order valence-corrected chi connectivity index (χ1v) is 11.7. The molecule has 1 heterocycles. The quantitative estimate of drug-likeness (QED) is 0.386. The highest BCUT2D eigenvalue weighted by atomic mass is 16.5. The predicted molar refractivity (Wildman–Crippen MR) is 121 cm³/mol. The van der Waals surface area contributed by atoms with E-state index in [0.717, 1.165) is 23.1 Å². The van der Waals surface area contributed by atoms with Crippen molar-refractivity contribution in [2.75, 3.05) is 7.11 Å². The molecule has 7 nitrogen and oxygen atoms in total. The fourth-order valence-corrected chi connectivity index (χ4v) is 6.12. The largest absolute Gasteiger partial charge is 0.390 e. The summed E-state index contributed by atoms with van der Waals surface area (Å²) in [6, 6.07) is -0.216. The second-order valence-corrected chi connectivity index (χ2v) is 10.4. The molecule has 7 heteroatoms. The number of hydrogen-bond acceptors (Lipinski definition) is 6. The minimum atomic E-state index is -1.48. The number of hydrogen-bond donors (Lipinski definition) is 4. The molecule has 8 atom stereocenters. The Morgan fingerprint density at radius 2 is 1.81 bits per heavy atom. The molecule has 3 rings (SSSR count). The standard InChI is InChI=1S/C25H39NO6/c1-12(2)9-17-21-14(4)15(5)22(29)16-10-13(3)7-8-18(27)23(30)19(32-6)11-20(28)25(16,21)24(31)26-17/h10,12,16-19,21-23,27,29-30H,7-9,11H2,1-6H3,(H,26,31)/t16-,17-,18?,19?,21-,22-,23?,25+/m0/s1. The summed E-state index contributed by atoms with van der Waals surface area (Å²) in [6.07, 6.45) is -1.06. The number of Topliss-reactive ketones (excluding diaryl/α,β-unsaturated/α-hetero) is 1. The third-order valence-electron chi connectivity index (χ3n) is 7.93. The van der Waals surface area contributed by atoms with Gasteiger partial charge in [0.15, 0.2) is 5.78 Å². The zero-order valence-corrected chi connectivity index (χ0v) is 20.1. The first-order valence-electron chi connectivity index (χ1n) is 11.7. The van der Waals surface area contributed by atoms with Crippen LogP contribution in [0.1, 0.15) is 60.3 Å². The number of ether oxygens (including phenoxy) is 1. The Balaban J connectivity index is 2.24. The zero-order chi connectivity index (χ0) is 24.0. The fraction of sp³-hybridized carbons (Fsp3) is 0.760. The number of aliphatic hydroxyl groups is 3. The van der Waals surface area contributed by atoms with E-state index in [0.29, 0.717) is 18.8 Å². The molecule has 0 radical (unpaired) electrons. The molecule has 4 N–H and O–H groups in total. The smallest absolute Gasteiger partial charge is 0.235 e.